The first-order valence-electron chi connectivity index (χ1n) is 9.07. The van der Waals surface area contributed by atoms with Crippen LogP contribution in [0.5, 0.6) is 0 Å². The summed E-state index contributed by atoms with van der Waals surface area (Å²) in [5.41, 5.74) is 3.00. The Labute approximate surface area is 172 Å². The Bertz CT molecular complexity index is 805. The van der Waals surface area contributed by atoms with Crippen LogP contribution >= 0.6 is 11.6 Å². The molecule has 0 bridgehead atoms. The van der Waals surface area contributed by atoms with Gasteiger partial charge in [-0.1, -0.05) is 35.9 Å². The van der Waals surface area contributed by atoms with Crippen molar-refractivity contribution in [2.24, 2.45) is 4.99 Å². The highest BCUT2D eigenvalue weighted by molar-refractivity contribution is 6.30. The number of benzene rings is 2. The van der Waals surface area contributed by atoms with Crippen LogP contribution in [0.3, 0.4) is 0 Å². The first kappa shape index (κ1) is 21.7. The van der Waals surface area contributed by atoms with Crippen molar-refractivity contribution in [1.29, 1.82) is 0 Å². The van der Waals surface area contributed by atoms with Gasteiger partial charge in [0.2, 0.25) is 5.91 Å². The summed E-state index contributed by atoms with van der Waals surface area (Å²) >= 11 is 5.95. The second-order valence-corrected chi connectivity index (χ2v) is 7.31. The van der Waals surface area contributed by atoms with Crippen LogP contribution in [-0.4, -0.2) is 56.4 Å². The van der Waals surface area contributed by atoms with Crippen LogP contribution in [0.2, 0.25) is 5.02 Å². The smallest absolute Gasteiger partial charge is 0.238 e. The average Bonchev–Trinajstić information content (AvgIpc) is 2.63. The molecule has 150 valence electrons. The summed E-state index contributed by atoms with van der Waals surface area (Å²) in [7, 11) is 7.48. The lowest BCUT2D eigenvalue weighted by molar-refractivity contribution is -0.116. The largest absolute Gasteiger partial charge is 0.352 e. The number of amides is 1. The van der Waals surface area contributed by atoms with Crippen molar-refractivity contribution in [2.75, 3.05) is 40.1 Å². The van der Waals surface area contributed by atoms with E-state index in [2.05, 4.69) is 15.6 Å². The van der Waals surface area contributed by atoms with E-state index in [9.17, 15) is 4.79 Å². The van der Waals surface area contributed by atoms with E-state index in [1.165, 1.54) is 0 Å². The monoisotopic (exact) mass is 401 g/mol. The van der Waals surface area contributed by atoms with Gasteiger partial charge in [0.25, 0.3) is 0 Å². The van der Waals surface area contributed by atoms with E-state index >= 15 is 0 Å². The van der Waals surface area contributed by atoms with Crippen LogP contribution in [-0.2, 0) is 17.9 Å². The van der Waals surface area contributed by atoms with E-state index in [4.69, 9.17) is 11.6 Å². The number of halogens is 1. The maximum atomic E-state index is 11.9. The molecule has 0 radical (unpaired) electrons. The fourth-order valence-electron chi connectivity index (χ4n) is 2.75. The number of guanidine groups is 1. The fourth-order valence-corrected chi connectivity index (χ4v) is 2.88. The third-order valence-corrected chi connectivity index (χ3v) is 4.28. The second-order valence-electron chi connectivity index (χ2n) is 6.87. The molecule has 1 amide bonds. The number of carbonyl (C=O) groups is 1. The molecule has 0 unspecified atom stereocenters. The molecule has 7 heteroatoms. The minimum absolute atomic E-state index is 0.0337. The molecule has 2 aromatic rings. The van der Waals surface area contributed by atoms with Crippen molar-refractivity contribution in [1.82, 2.24) is 15.1 Å². The quantitative estimate of drug-likeness (QED) is 0.553. The minimum atomic E-state index is -0.0337. The van der Waals surface area contributed by atoms with Crippen LogP contribution in [0.15, 0.2) is 53.5 Å². The van der Waals surface area contributed by atoms with Crippen molar-refractivity contribution in [3.05, 3.63) is 64.7 Å². The molecule has 2 N–H and O–H groups in total. The van der Waals surface area contributed by atoms with Crippen molar-refractivity contribution in [2.45, 2.75) is 13.1 Å². The molecule has 6 nitrogen and oxygen atoms in total. The van der Waals surface area contributed by atoms with Gasteiger partial charge in [-0.15, -0.1) is 0 Å². The van der Waals surface area contributed by atoms with Gasteiger partial charge in [-0.25, -0.2) is 0 Å². The summed E-state index contributed by atoms with van der Waals surface area (Å²) in [5.74, 6) is 0.755. The Morgan fingerprint density at radius 1 is 1.07 bits per heavy atom. The predicted octanol–water partition coefficient (Wildman–Crippen LogP) is 3.05. The zero-order valence-electron chi connectivity index (χ0n) is 16.9. The van der Waals surface area contributed by atoms with Crippen LogP contribution < -0.4 is 10.6 Å². The molecule has 2 rings (SSSR count). The summed E-state index contributed by atoms with van der Waals surface area (Å²) in [6.45, 7) is 1.68. The molecular weight excluding hydrogens is 374 g/mol. The molecule has 0 aliphatic carbocycles. The van der Waals surface area contributed by atoms with Crippen LogP contribution in [0.25, 0.3) is 0 Å². The molecule has 0 fully saturated rings. The highest BCUT2D eigenvalue weighted by Gasteiger charge is 2.08. The molecule has 0 aliphatic heterocycles. The summed E-state index contributed by atoms with van der Waals surface area (Å²) in [5, 5.41) is 7.00. The molecule has 0 atom stereocenters. The van der Waals surface area contributed by atoms with E-state index in [1.54, 1.807) is 7.05 Å². The molecule has 0 saturated carbocycles. The summed E-state index contributed by atoms with van der Waals surface area (Å²) in [4.78, 5) is 20.2. The zero-order chi connectivity index (χ0) is 20.5. The van der Waals surface area contributed by atoms with Gasteiger partial charge in [-0.2, -0.15) is 0 Å². The zero-order valence-corrected chi connectivity index (χ0v) is 17.6. The van der Waals surface area contributed by atoms with Crippen molar-refractivity contribution in [3.63, 3.8) is 0 Å². The van der Waals surface area contributed by atoms with Crippen molar-refractivity contribution >= 4 is 29.2 Å². The number of aliphatic imine (C=N–C) groups is 1. The van der Waals surface area contributed by atoms with Gasteiger partial charge in [0.15, 0.2) is 5.96 Å². The maximum absolute atomic E-state index is 11.9. The number of likely N-dealkylation sites (N-methyl/N-ethyl adjacent to an activating group) is 1. The van der Waals surface area contributed by atoms with Gasteiger partial charge >= 0.3 is 0 Å². The first-order valence-corrected chi connectivity index (χ1v) is 9.45. The fraction of sp³-hybridized carbons (Fsp3) is 0.333. The SMILES string of the molecule is CN=C(NCc1cccc(NC(=O)CN(C)C)c1)N(C)Cc1ccc(Cl)cc1. The molecule has 0 aromatic heterocycles. The Morgan fingerprint density at radius 3 is 2.43 bits per heavy atom. The van der Waals surface area contributed by atoms with Gasteiger partial charge in [0, 0.05) is 37.9 Å². The van der Waals surface area contributed by atoms with Crippen LogP contribution in [0.1, 0.15) is 11.1 Å². The van der Waals surface area contributed by atoms with Gasteiger partial charge in [0.05, 0.1) is 6.54 Å². The van der Waals surface area contributed by atoms with E-state index < -0.39 is 0 Å². The van der Waals surface area contributed by atoms with E-state index in [1.807, 2.05) is 79.5 Å². The predicted molar refractivity (Wildman–Crippen MR) is 117 cm³/mol. The molecule has 2 aromatic carbocycles. The van der Waals surface area contributed by atoms with E-state index in [0.717, 1.165) is 34.3 Å². The number of hydrogen-bond donors (Lipinski definition) is 2. The van der Waals surface area contributed by atoms with Crippen molar-refractivity contribution < 1.29 is 4.79 Å². The average molecular weight is 402 g/mol. The maximum Gasteiger partial charge on any atom is 0.238 e. The third-order valence-electron chi connectivity index (χ3n) is 4.03. The number of hydrogen-bond acceptors (Lipinski definition) is 3. The number of carbonyl (C=O) groups excluding carboxylic acids is 1. The Hall–Kier alpha value is -2.57. The van der Waals surface area contributed by atoms with E-state index in [0.29, 0.717) is 13.1 Å². The standard InChI is InChI=1S/C21H28ClN5O/c1-23-21(27(4)14-16-8-10-18(22)11-9-16)24-13-17-6-5-7-19(12-17)25-20(28)15-26(2)3/h5-12H,13-15H2,1-4H3,(H,23,24)(H,25,28). The highest BCUT2D eigenvalue weighted by atomic mass is 35.5. The van der Waals surface area contributed by atoms with Crippen LogP contribution in [0, 0.1) is 0 Å². The lowest BCUT2D eigenvalue weighted by atomic mass is 10.2. The number of anilines is 1. The summed E-state index contributed by atoms with van der Waals surface area (Å²) in [6.07, 6.45) is 0. The molecule has 28 heavy (non-hydrogen) atoms. The Morgan fingerprint density at radius 2 is 1.79 bits per heavy atom. The lowest BCUT2D eigenvalue weighted by Crippen LogP contribution is -2.38. The van der Waals surface area contributed by atoms with Crippen LogP contribution in [0.4, 0.5) is 5.69 Å². The first-order chi connectivity index (χ1) is 13.4. The number of rotatable bonds is 7. The third kappa shape index (κ3) is 7.21. The number of nitrogens with one attached hydrogen (secondary N) is 2. The molecular formula is C21H28ClN5O. The molecule has 0 spiro atoms. The Kier molecular flexibility index (Phi) is 8.29. The molecule has 0 aliphatic rings. The van der Waals surface area contributed by atoms with Gasteiger partial charge in [-0.05, 0) is 49.5 Å². The minimum Gasteiger partial charge on any atom is -0.352 e. The normalized spacial score (nSPS) is 11.4. The topological polar surface area (TPSA) is 60.0 Å². The summed E-state index contributed by atoms with van der Waals surface area (Å²) in [6, 6.07) is 15.6. The lowest BCUT2D eigenvalue weighted by Gasteiger charge is -2.22. The number of nitrogens with zero attached hydrogens (tertiary/aromatic N) is 3. The van der Waals surface area contributed by atoms with Gasteiger partial charge < -0.3 is 20.4 Å². The van der Waals surface area contributed by atoms with Crippen molar-refractivity contribution in [3.8, 4) is 0 Å². The highest BCUT2D eigenvalue weighted by Crippen LogP contribution is 2.12. The second kappa shape index (κ2) is 10.7. The Balaban J connectivity index is 1.92. The molecule has 0 saturated heterocycles. The summed E-state index contributed by atoms with van der Waals surface area (Å²) < 4.78 is 0. The molecule has 0 heterocycles. The van der Waals surface area contributed by atoms with Gasteiger partial charge in [-0.3, -0.25) is 9.79 Å². The van der Waals surface area contributed by atoms with E-state index in [-0.39, 0.29) is 5.91 Å². The van der Waals surface area contributed by atoms with Gasteiger partial charge in [0.1, 0.15) is 0 Å².